The maximum absolute atomic E-state index is 13.1. The van der Waals surface area contributed by atoms with Crippen molar-refractivity contribution in [3.8, 4) is 0 Å². The van der Waals surface area contributed by atoms with Crippen LogP contribution in [0.2, 0.25) is 0 Å². The van der Waals surface area contributed by atoms with E-state index < -0.39 is 5.91 Å². The van der Waals surface area contributed by atoms with Crippen LogP contribution in [0.15, 0.2) is 24.3 Å². The van der Waals surface area contributed by atoms with Crippen molar-refractivity contribution >= 4 is 23.6 Å². The van der Waals surface area contributed by atoms with Crippen LogP contribution < -0.4 is 5.73 Å². The molecule has 0 aromatic heterocycles. The third-order valence-electron chi connectivity index (χ3n) is 1.66. The van der Waals surface area contributed by atoms with Crippen molar-refractivity contribution in [3.63, 3.8) is 0 Å². The van der Waals surface area contributed by atoms with Crippen LogP contribution in [0.5, 0.6) is 0 Å². The minimum atomic E-state index is -0.563. The highest BCUT2D eigenvalue weighted by molar-refractivity contribution is 6.17. The predicted molar refractivity (Wildman–Crippen MR) is 54.2 cm³/mol. The van der Waals surface area contributed by atoms with Gasteiger partial charge in [-0.3, -0.25) is 4.79 Å². The van der Waals surface area contributed by atoms with Gasteiger partial charge in [-0.2, -0.15) is 0 Å². The second-order valence-corrected chi connectivity index (χ2v) is 2.99. The van der Waals surface area contributed by atoms with Crippen LogP contribution in [0.1, 0.15) is 11.1 Å². The Morgan fingerprint density at radius 3 is 2.79 bits per heavy atom. The first kappa shape index (κ1) is 10.7. The Bertz CT molecular complexity index is 376. The Hall–Kier alpha value is -1.35. The van der Waals surface area contributed by atoms with Gasteiger partial charge in [0.15, 0.2) is 0 Å². The molecular weight excluding hydrogens is 205 g/mol. The highest BCUT2D eigenvalue weighted by Crippen LogP contribution is 2.13. The average molecular weight is 214 g/mol. The van der Waals surface area contributed by atoms with Gasteiger partial charge in [0, 0.05) is 11.6 Å². The molecule has 2 nitrogen and oxygen atoms in total. The van der Waals surface area contributed by atoms with Crippen LogP contribution in [0.25, 0.3) is 6.08 Å². The lowest BCUT2D eigenvalue weighted by atomic mass is 10.1. The summed E-state index contributed by atoms with van der Waals surface area (Å²) in [6, 6.07) is 4.54. The maximum atomic E-state index is 13.1. The molecule has 0 aliphatic carbocycles. The lowest BCUT2D eigenvalue weighted by Gasteiger charge is -1.99. The smallest absolute Gasteiger partial charge is 0.241 e. The summed E-state index contributed by atoms with van der Waals surface area (Å²) in [5.41, 5.74) is 5.91. The molecule has 0 saturated heterocycles. The average Bonchev–Trinajstić information content (AvgIpc) is 2.15. The van der Waals surface area contributed by atoms with E-state index in [2.05, 4.69) is 0 Å². The van der Waals surface area contributed by atoms with Crippen molar-refractivity contribution in [1.82, 2.24) is 0 Å². The Morgan fingerprint density at radius 2 is 2.29 bits per heavy atom. The molecule has 0 aliphatic rings. The number of nitrogens with two attached hydrogens (primary N) is 1. The highest BCUT2D eigenvalue weighted by atomic mass is 35.5. The molecule has 0 unspecified atom stereocenters. The molecule has 0 atom stereocenters. The summed E-state index contributed by atoms with van der Waals surface area (Å²) >= 11 is 5.48. The number of hydrogen-bond acceptors (Lipinski definition) is 1. The predicted octanol–water partition coefficient (Wildman–Crippen LogP) is 2.06. The zero-order valence-corrected chi connectivity index (χ0v) is 8.09. The maximum Gasteiger partial charge on any atom is 0.241 e. The molecule has 4 heteroatoms. The number of amides is 1. The minimum Gasteiger partial charge on any atom is -0.366 e. The Morgan fingerprint density at radius 1 is 1.57 bits per heavy atom. The van der Waals surface area contributed by atoms with Crippen LogP contribution >= 0.6 is 11.6 Å². The van der Waals surface area contributed by atoms with Gasteiger partial charge in [0.1, 0.15) is 5.82 Å². The fraction of sp³-hybridized carbons (Fsp3) is 0.100. The quantitative estimate of drug-likeness (QED) is 0.606. The van der Waals surface area contributed by atoms with Crippen LogP contribution in [0, 0.1) is 5.82 Å². The van der Waals surface area contributed by atoms with Gasteiger partial charge in [0.25, 0.3) is 0 Å². The summed E-state index contributed by atoms with van der Waals surface area (Å²) in [6.45, 7) is 0. The topological polar surface area (TPSA) is 43.1 Å². The Balaban J connectivity index is 2.91. The lowest BCUT2D eigenvalue weighted by Crippen LogP contribution is -2.05. The second kappa shape index (κ2) is 4.77. The first-order chi connectivity index (χ1) is 6.63. The molecule has 74 valence electrons. The molecule has 0 fully saturated rings. The van der Waals surface area contributed by atoms with Crippen molar-refractivity contribution in [2.75, 3.05) is 0 Å². The van der Waals surface area contributed by atoms with E-state index >= 15 is 0 Å². The second-order valence-electron chi connectivity index (χ2n) is 2.72. The summed E-state index contributed by atoms with van der Waals surface area (Å²) < 4.78 is 13.1. The monoisotopic (exact) mass is 213 g/mol. The molecule has 0 bridgehead atoms. The van der Waals surface area contributed by atoms with Crippen LogP contribution in [-0.2, 0) is 10.7 Å². The van der Waals surface area contributed by atoms with E-state index in [9.17, 15) is 9.18 Å². The number of alkyl halides is 1. The highest BCUT2D eigenvalue weighted by Gasteiger charge is 2.00. The van der Waals surface area contributed by atoms with Crippen molar-refractivity contribution in [1.29, 1.82) is 0 Å². The molecule has 1 aromatic rings. The number of halogens is 2. The van der Waals surface area contributed by atoms with Crippen LogP contribution in [0.3, 0.4) is 0 Å². The minimum absolute atomic E-state index is 0.131. The molecule has 2 N–H and O–H groups in total. The number of benzene rings is 1. The molecule has 1 amide bonds. The Labute approximate surface area is 86.2 Å². The van der Waals surface area contributed by atoms with Gasteiger partial charge in [-0.25, -0.2) is 4.39 Å². The SMILES string of the molecule is NC(=O)C=Cc1ccc(CCl)c(F)c1. The first-order valence-electron chi connectivity index (χ1n) is 3.95. The van der Waals surface area contributed by atoms with E-state index in [0.29, 0.717) is 11.1 Å². The van der Waals surface area contributed by atoms with Gasteiger partial charge in [-0.15, -0.1) is 11.6 Å². The van der Waals surface area contributed by atoms with E-state index in [1.54, 1.807) is 12.1 Å². The molecule has 0 spiro atoms. The fourth-order valence-electron chi connectivity index (χ4n) is 0.954. The van der Waals surface area contributed by atoms with Crippen molar-refractivity contribution in [2.24, 2.45) is 5.73 Å². The van der Waals surface area contributed by atoms with Gasteiger partial charge in [-0.05, 0) is 17.7 Å². The molecule has 1 rings (SSSR count). The van der Waals surface area contributed by atoms with Crippen LogP contribution in [0.4, 0.5) is 4.39 Å². The van der Waals surface area contributed by atoms with E-state index in [-0.39, 0.29) is 11.7 Å². The third kappa shape index (κ3) is 2.85. The van der Waals surface area contributed by atoms with Gasteiger partial charge in [0.2, 0.25) is 5.91 Å². The van der Waals surface area contributed by atoms with E-state index in [1.807, 2.05) is 0 Å². The number of primary amides is 1. The van der Waals surface area contributed by atoms with Crippen molar-refractivity contribution in [2.45, 2.75) is 5.88 Å². The largest absolute Gasteiger partial charge is 0.366 e. The van der Waals surface area contributed by atoms with E-state index in [0.717, 1.165) is 0 Å². The molecule has 0 saturated carbocycles. The van der Waals surface area contributed by atoms with Gasteiger partial charge in [-0.1, -0.05) is 12.1 Å². The standard InChI is InChI=1S/C10H9ClFNO/c11-6-8-3-1-7(5-9(8)12)2-4-10(13)14/h1-5H,6H2,(H2,13,14). The van der Waals surface area contributed by atoms with Crippen LogP contribution in [-0.4, -0.2) is 5.91 Å². The number of carbonyl (C=O) groups excluding carboxylic acids is 1. The lowest BCUT2D eigenvalue weighted by molar-refractivity contribution is -0.113. The summed E-state index contributed by atoms with van der Waals surface area (Å²) in [7, 11) is 0. The van der Waals surface area contributed by atoms with Gasteiger partial charge < -0.3 is 5.73 Å². The molecular formula is C10H9ClFNO. The fourth-order valence-corrected chi connectivity index (χ4v) is 1.17. The zero-order chi connectivity index (χ0) is 10.6. The Kier molecular flexibility index (Phi) is 3.65. The zero-order valence-electron chi connectivity index (χ0n) is 7.34. The van der Waals surface area contributed by atoms with Gasteiger partial charge >= 0.3 is 0 Å². The summed E-state index contributed by atoms with van der Waals surface area (Å²) in [4.78, 5) is 10.4. The number of hydrogen-bond donors (Lipinski definition) is 1. The molecule has 0 radical (unpaired) electrons. The van der Waals surface area contributed by atoms with Gasteiger partial charge in [0.05, 0.1) is 5.88 Å². The first-order valence-corrected chi connectivity index (χ1v) is 4.49. The normalized spacial score (nSPS) is 10.7. The third-order valence-corrected chi connectivity index (χ3v) is 1.95. The summed E-state index contributed by atoms with van der Waals surface area (Å²) in [6.07, 6.45) is 2.62. The number of rotatable bonds is 3. The molecule has 1 aromatic carbocycles. The van der Waals surface area contributed by atoms with E-state index in [4.69, 9.17) is 17.3 Å². The number of carbonyl (C=O) groups is 1. The van der Waals surface area contributed by atoms with Crippen molar-refractivity contribution < 1.29 is 9.18 Å². The summed E-state index contributed by atoms with van der Waals surface area (Å²) in [5.74, 6) is -0.815. The molecule has 0 aliphatic heterocycles. The van der Waals surface area contributed by atoms with Crippen molar-refractivity contribution in [3.05, 3.63) is 41.2 Å². The molecule has 0 heterocycles. The molecule has 14 heavy (non-hydrogen) atoms. The van der Waals surface area contributed by atoms with E-state index in [1.165, 1.54) is 18.2 Å². The summed E-state index contributed by atoms with van der Waals surface area (Å²) in [5, 5.41) is 0.